The van der Waals surface area contributed by atoms with Crippen LogP contribution in [-0.4, -0.2) is 11.9 Å². The molecule has 21 heavy (non-hydrogen) atoms. The maximum Gasteiger partial charge on any atom is 0.248 e. The highest BCUT2D eigenvalue weighted by atomic mass is 16.1. The smallest absolute Gasteiger partial charge is 0.248 e. The molecule has 0 saturated heterocycles. The first-order valence-electron chi connectivity index (χ1n) is 7.23. The van der Waals surface area contributed by atoms with Gasteiger partial charge in [-0.25, -0.2) is 0 Å². The molecule has 0 bridgehead atoms. The Morgan fingerprint density at radius 3 is 2.43 bits per heavy atom. The minimum atomic E-state index is -0.387. The summed E-state index contributed by atoms with van der Waals surface area (Å²) in [5, 5.41) is 3.51. The number of hydrogen-bond donors (Lipinski definition) is 2. The third kappa shape index (κ3) is 4.43. The van der Waals surface area contributed by atoms with Crippen molar-refractivity contribution >= 4 is 5.91 Å². The van der Waals surface area contributed by atoms with Crippen LogP contribution in [0.1, 0.15) is 34.0 Å². The number of carbonyl (C=O) groups excluding carboxylic acids is 1. The van der Waals surface area contributed by atoms with Gasteiger partial charge in [0.25, 0.3) is 0 Å². The molecule has 0 aromatic heterocycles. The van der Waals surface area contributed by atoms with Crippen LogP contribution in [0.3, 0.4) is 0 Å². The standard InChI is InChI=1S/C18H22N2O/c1-13-5-3-4-6-17(13)11-14(2)20-12-15-7-9-16(10-8-15)18(19)21/h3-10,14,20H,11-12H2,1-2H3,(H2,19,21). The average molecular weight is 282 g/mol. The van der Waals surface area contributed by atoms with E-state index in [0.717, 1.165) is 18.5 Å². The van der Waals surface area contributed by atoms with Crippen molar-refractivity contribution < 1.29 is 4.79 Å². The molecule has 3 heteroatoms. The highest BCUT2D eigenvalue weighted by Crippen LogP contribution is 2.10. The predicted molar refractivity (Wildman–Crippen MR) is 86.1 cm³/mol. The number of nitrogens with two attached hydrogens (primary N) is 1. The number of benzene rings is 2. The number of hydrogen-bond acceptors (Lipinski definition) is 2. The second kappa shape index (κ2) is 7.04. The van der Waals surface area contributed by atoms with Crippen LogP contribution in [0.25, 0.3) is 0 Å². The fourth-order valence-corrected chi connectivity index (χ4v) is 2.32. The Morgan fingerprint density at radius 2 is 1.81 bits per heavy atom. The van der Waals surface area contributed by atoms with E-state index in [1.54, 1.807) is 12.1 Å². The highest BCUT2D eigenvalue weighted by Gasteiger charge is 2.06. The summed E-state index contributed by atoms with van der Waals surface area (Å²) < 4.78 is 0. The lowest BCUT2D eigenvalue weighted by Crippen LogP contribution is -2.27. The quantitative estimate of drug-likeness (QED) is 0.856. The number of aryl methyl sites for hydroxylation is 1. The van der Waals surface area contributed by atoms with Gasteiger partial charge in [0, 0.05) is 18.2 Å². The summed E-state index contributed by atoms with van der Waals surface area (Å²) in [6, 6.07) is 16.3. The molecule has 0 heterocycles. The van der Waals surface area contributed by atoms with Crippen LogP contribution in [0.5, 0.6) is 0 Å². The lowest BCUT2D eigenvalue weighted by Gasteiger charge is -2.15. The van der Waals surface area contributed by atoms with E-state index < -0.39 is 0 Å². The highest BCUT2D eigenvalue weighted by molar-refractivity contribution is 5.92. The average Bonchev–Trinajstić information content (AvgIpc) is 2.48. The van der Waals surface area contributed by atoms with Crippen LogP contribution in [0.2, 0.25) is 0 Å². The van der Waals surface area contributed by atoms with Crippen molar-refractivity contribution in [1.29, 1.82) is 0 Å². The summed E-state index contributed by atoms with van der Waals surface area (Å²) in [5.41, 5.74) is 9.64. The van der Waals surface area contributed by atoms with E-state index in [0.29, 0.717) is 11.6 Å². The van der Waals surface area contributed by atoms with E-state index in [2.05, 4.69) is 43.4 Å². The van der Waals surface area contributed by atoms with Crippen molar-refractivity contribution in [3.8, 4) is 0 Å². The van der Waals surface area contributed by atoms with Crippen LogP contribution in [0.4, 0.5) is 0 Å². The van der Waals surface area contributed by atoms with Crippen LogP contribution < -0.4 is 11.1 Å². The summed E-state index contributed by atoms with van der Waals surface area (Å²) in [6.45, 7) is 5.11. The Hall–Kier alpha value is -2.13. The third-order valence-corrected chi connectivity index (χ3v) is 3.68. The summed E-state index contributed by atoms with van der Waals surface area (Å²) in [6.07, 6.45) is 1.01. The van der Waals surface area contributed by atoms with E-state index >= 15 is 0 Å². The zero-order chi connectivity index (χ0) is 15.2. The van der Waals surface area contributed by atoms with Gasteiger partial charge in [-0.2, -0.15) is 0 Å². The molecule has 0 spiro atoms. The van der Waals surface area contributed by atoms with Crippen molar-refractivity contribution in [2.75, 3.05) is 0 Å². The summed E-state index contributed by atoms with van der Waals surface area (Å²) in [7, 11) is 0. The molecule has 3 nitrogen and oxygen atoms in total. The first-order valence-corrected chi connectivity index (χ1v) is 7.23. The molecule has 0 aliphatic carbocycles. The maximum atomic E-state index is 11.0. The molecule has 0 aliphatic heterocycles. The van der Waals surface area contributed by atoms with Gasteiger partial charge in [-0.15, -0.1) is 0 Å². The molecule has 0 fully saturated rings. The van der Waals surface area contributed by atoms with E-state index in [1.807, 2.05) is 12.1 Å². The second-order valence-electron chi connectivity index (χ2n) is 5.47. The summed E-state index contributed by atoms with van der Waals surface area (Å²) >= 11 is 0. The summed E-state index contributed by atoms with van der Waals surface area (Å²) in [4.78, 5) is 11.0. The van der Waals surface area contributed by atoms with E-state index in [9.17, 15) is 4.79 Å². The van der Waals surface area contributed by atoms with Crippen molar-refractivity contribution in [2.24, 2.45) is 5.73 Å². The van der Waals surface area contributed by atoms with Crippen LogP contribution >= 0.6 is 0 Å². The molecule has 2 aromatic rings. The Morgan fingerprint density at radius 1 is 1.14 bits per heavy atom. The van der Waals surface area contributed by atoms with Crippen molar-refractivity contribution in [3.63, 3.8) is 0 Å². The zero-order valence-electron chi connectivity index (χ0n) is 12.6. The van der Waals surface area contributed by atoms with Crippen molar-refractivity contribution in [1.82, 2.24) is 5.32 Å². The van der Waals surface area contributed by atoms with Crippen LogP contribution in [0, 0.1) is 6.92 Å². The summed E-state index contributed by atoms with van der Waals surface area (Å²) in [5.74, 6) is -0.387. The zero-order valence-corrected chi connectivity index (χ0v) is 12.6. The van der Waals surface area contributed by atoms with E-state index in [4.69, 9.17) is 5.73 Å². The van der Waals surface area contributed by atoms with E-state index in [-0.39, 0.29) is 5.91 Å². The first kappa shape index (κ1) is 15.3. The van der Waals surface area contributed by atoms with Gasteiger partial charge in [0.05, 0.1) is 0 Å². The number of carbonyl (C=O) groups is 1. The molecular formula is C18H22N2O. The van der Waals surface area contributed by atoms with Gasteiger partial charge in [-0.05, 0) is 49.1 Å². The molecule has 110 valence electrons. The van der Waals surface area contributed by atoms with Gasteiger partial charge in [-0.1, -0.05) is 36.4 Å². The molecule has 1 amide bonds. The third-order valence-electron chi connectivity index (χ3n) is 3.68. The predicted octanol–water partition coefficient (Wildman–Crippen LogP) is 2.81. The fraction of sp³-hybridized carbons (Fsp3) is 0.278. The molecule has 1 unspecified atom stereocenters. The lowest BCUT2D eigenvalue weighted by molar-refractivity contribution is 0.100. The Kier molecular flexibility index (Phi) is 5.12. The van der Waals surface area contributed by atoms with Gasteiger partial charge in [0.2, 0.25) is 5.91 Å². The minimum absolute atomic E-state index is 0.387. The number of primary amides is 1. The minimum Gasteiger partial charge on any atom is -0.366 e. The van der Waals surface area contributed by atoms with Crippen molar-refractivity contribution in [3.05, 3.63) is 70.8 Å². The van der Waals surface area contributed by atoms with Gasteiger partial charge >= 0.3 is 0 Å². The maximum absolute atomic E-state index is 11.0. The van der Waals surface area contributed by atoms with Gasteiger partial charge in [-0.3, -0.25) is 4.79 Å². The molecule has 1 atom stereocenters. The number of nitrogens with one attached hydrogen (secondary N) is 1. The molecule has 0 aliphatic rings. The first-order chi connectivity index (χ1) is 10.1. The second-order valence-corrected chi connectivity index (χ2v) is 5.47. The van der Waals surface area contributed by atoms with Crippen molar-refractivity contribution in [2.45, 2.75) is 32.9 Å². The normalized spacial score (nSPS) is 12.1. The molecule has 0 saturated carbocycles. The Balaban J connectivity index is 1.88. The van der Waals surface area contributed by atoms with Gasteiger partial charge in [0.15, 0.2) is 0 Å². The van der Waals surface area contributed by atoms with Gasteiger partial charge < -0.3 is 11.1 Å². The molecular weight excluding hydrogens is 260 g/mol. The molecule has 0 radical (unpaired) electrons. The molecule has 3 N–H and O–H groups in total. The van der Waals surface area contributed by atoms with E-state index in [1.165, 1.54) is 11.1 Å². The SMILES string of the molecule is Cc1ccccc1CC(C)NCc1ccc(C(N)=O)cc1. The molecule has 2 rings (SSSR count). The lowest BCUT2D eigenvalue weighted by atomic mass is 10.0. The topological polar surface area (TPSA) is 55.1 Å². The number of amides is 1. The van der Waals surface area contributed by atoms with Gasteiger partial charge in [0.1, 0.15) is 0 Å². The monoisotopic (exact) mass is 282 g/mol. The fourth-order valence-electron chi connectivity index (χ4n) is 2.32. The number of rotatable bonds is 6. The van der Waals surface area contributed by atoms with Crippen LogP contribution in [-0.2, 0) is 13.0 Å². The largest absolute Gasteiger partial charge is 0.366 e. The Bertz CT molecular complexity index is 605. The molecule has 2 aromatic carbocycles. The van der Waals surface area contributed by atoms with Crippen LogP contribution in [0.15, 0.2) is 48.5 Å². The Labute approximate surface area is 126 Å².